The van der Waals surface area contributed by atoms with Gasteiger partial charge in [-0.1, -0.05) is 53.0 Å². The van der Waals surface area contributed by atoms with Crippen molar-refractivity contribution < 1.29 is 4.79 Å². The minimum absolute atomic E-state index is 0.290. The van der Waals surface area contributed by atoms with Crippen LogP contribution in [0.15, 0.2) is 30.3 Å². The molecule has 0 aliphatic heterocycles. The van der Waals surface area contributed by atoms with Crippen molar-refractivity contribution >= 4 is 52.7 Å². The quantitative estimate of drug-likeness (QED) is 0.659. The molecule has 1 N–H and O–H groups in total. The lowest BCUT2D eigenvalue weighted by Crippen LogP contribution is -2.19. The molecule has 0 aromatic heterocycles. The van der Waals surface area contributed by atoms with E-state index in [1.165, 1.54) is 0 Å². The van der Waals surface area contributed by atoms with E-state index in [9.17, 15) is 4.79 Å². The summed E-state index contributed by atoms with van der Waals surface area (Å²) >= 11 is 17.1. The zero-order valence-electron chi connectivity index (χ0n) is 6.84. The van der Waals surface area contributed by atoms with Crippen LogP contribution in [0.4, 0.5) is 0 Å². The van der Waals surface area contributed by atoms with Crippen molar-refractivity contribution in [3.05, 3.63) is 35.9 Å². The van der Waals surface area contributed by atoms with Crippen LogP contribution in [0.5, 0.6) is 0 Å². The molecular formula is C8H6Cl3NOS. The Morgan fingerprint density at radius 3 is 2.29 bits per heavy atom. The van der Waals surface area contributed by atoms with Gasteiger partial charge in [0.05, 0.1) is 0 Å². The van der Waals surface area contributed by atoms with E-state index in [4.69, 9.17) is 34.8 Å². The fourth-order valence-electron chi connectivity index (χ4n) is 0.753. The van der Waals surface area contributed by atoms with E-state index >= 15 is 0 Å². The largest absolute Gasteiger partial charge is 0.292 e. The maximum atomic E-state index is 11.4. The molecule has 0 spiro atoms. The number of halogens is 3. The fourth-order valence-corrected chi connectivity index (χ4v) is 1.43. The normalized spacial score (nSPS) is 11.1. The zero-order valence-corrected chi connectivity index (χ0v) is 9.92. The van der Waals surface area contributed by atoms with Gasteiger partial charge in [-0.25, -0.2) is 0 Å². The molecule has 0 saturated carbocycles. The van der Waals surface area contributed by atoms with Crippen molar-refractivity contribution in [2.45, 2.75) is 3.12 Å². The number of rotatable bonds is 2. The van der Waals surface area contributed by atoms with E-state index in [0.717, 1.165) is 11.9 Å². The predicted molar refractivity (Wildman–Crippen MR) is 61.8 cm³/mol. The highest BCUT2D eigenvalue weighted by Crippen LogP contribution is 2.36. The van der Waals surface area contributed by atoms with E-state index in [0.29, 0.717) is 5.56 Å². The summed E-state index contributed by atoms with van der Waals surface area (Å²) < 4.78 is 0.884. The number of carbonyl (C=O) groups is 1. The SMILES string of the molecule is O=C(NSC(Cl)(Cl)Cl)c1ccccc1. The Morgan fingerprint density at radius 1 is 1.21 bits per heavy atom. The highest BCUT2D eigenvalue weighted by Gasteiger charge is 2.22. The van der Waals surface area contributed by atoms with Crippen LogP contribution in [0, 0.1) is 0 Å². The molecule has 0 aliphatic rings. The lowest BCUT2D eigenvalue weighted by molar-refractivity contribution is 0.0984. The van der Waals surface area contributed by atoms with E-state index in [-0.39, 0.29) is 5.91 Å². The number of amides is 1. The number of benzene rings is 1. The van der Waals surface area contributed by atoms with E-state index in [1.807, 2.05) is 6.07 Å². The molecule has 1 amide bonds. The second-order valence-electron chi connectivity index (χ2n) is 2.35. The molecule has 14 heavy (non-hydrogen) atoms. The van der Waals surface area contributed by atoms with Gasteiger partial charge in [0.2, 0.25) is 0 Å². The molecule has 1 aromatic rings. The van der Waals surface area contributed by atoms with Crippen LogP contribution < -0.4 is 4.72 Å². The molecular weight excluding hydrogens is 265 g/mol. The van der Waals surface area contributed by atoms with Gasteiger partial charge >= 0.3 is 0 Å². The summed E-state index contributed by atoms with van der Waals surface area (Å²) in [5.74, 6) is -0.290. The van der Waals surface area contributed by atoms with Crippen LogP contribution >= 0.6 is 46.8 Å². The topological polar surface area (TPSA) is 29.1 Å². The van der Waals surface area contributed by atoms with Crippen molar-refractivity contribution in [2.75, 3.05) is 0 Å². The second-order valence-corrected chi connectivity index (χ2v) is 6.32. The Balaban J connectivity index is 2.52. The summed E-state index contributed by atoms with van der Waals surface area (Å²) in [5.41, 5.74) is 0.522. The zero-order chi connectivity index (χ0) is 10.6. The number of nitrogens with one attached hydrogen (secondary N) is 1. The number of hydrogen-bond acceptors (Lipinski definition) is 2. The van der Waals surface area contributed by atoms with Gasteiger partial charge in [-0.3, -0.25) is 9.52 Å². The fraction of sp³-hybridized carbons (Fsp3) is 0.125. The van der Waals surface area contributed by atoms with Crippen LogP contribution in [-0.4, -0.2) is 9.03 Å². The summed E-state index contributed by atoms with van der Waals surface area (Å²) in [6.07, 6.45) is 0. The van der Waals surface area contributed by atoms with Crippen molar-refractivity contribution in [2.24, 2.45) is 0 Å². The van der Waals surface area contributed by atoms with Crippen LogP contribution in [0.3, 0.4) is 0 Å². The lowest BCUT2D eigenvalue weighted by atomic mass is 10.2. The maximum Gasteiger partial charge on any atom is 0.261 e. The van der Waals surface area contributed by atoms with Crippen molar-refractivity contribution in [3.8, 4) is 0 Å². The highest BCUT2D eigenvalue weighted by molar-refractivity contribution is 8.03. The van der Waals surface area contributed by atoms with Crippen LogP contribution in [-0.2, 0) is 0 Å². The molecule has 0 unspecified atom stereocenters. The first kappa shape index (κ1) is 12.0. The van der Waals surface area contributed by atoms with E-state index < -0.39 is 3.12 Å². The third-order valence-corrected chi connectivity index (χ3v) is 2.51. The first-order valence-corrected chi connectivity index (χ1v) is 5.54. The Bertz CT molecular complexity index is 312. The van der Waals surface area contributed by atoms with Gasteiger partial charge in [-0.15, -0.1) is 0 Å². The van der Waals surface area contributed by atoms with E-state index in [2.05, 4.69) is 4.72 Å². The Labute approximate surface area is 101 Å². The molecule has 0 aliphatic carbocycles. The molecule has 0 saturated heterocycles. The van der Waals surface area contributed by atoms with Gasteiger partial charge in [0.15, 0.2) is 0 Å². The monoisotopic (exact) mass is 269 g/mol. The summed E-state index contributed by atoms with van der Waals surface area (Å²) in [6.45, 7) is 0. The second kappa shape index (κ2) is 5.12. The lowest BCUT2D eigenvalue weighted by Gasteiger charge is -2.10. The first-order valence-electron chi connectivity index (χ1n) is 3.59. The summed E-state index contributed by atoms with van der Waals surface area (Å²) in [7, 11) is 0. The summed E-state index contributed by atoms with van der Waals surface area (Å²) in [5, 5.41) is 0. The number of hydrogen-bond donors (Lipinski definition) is 1. The molecule has 6 heteroatoms. The molecule has 0 radical (unpaired) electrons. The van der Waals surface area contributed by atoms with E-state index in [1.54, 1.807) is 24.3 Å². The number of carbonyl (C=O) groups excluding carboxylic acids is 1. The summed E-state index contributed by atoms with van der Waals surface area (Å²) in [4.78, 5) is 11.4. The standard InChI is InChI=1S/C8H6Cl3NOS/c9-8(10,11)14-12-7(13)6-4-2-1-3-5-6/h1-5H,(H,12,13). The maximum absolute atomic E-state index is 11.4. The van der Waals surface area contributed by atoms with Gasteiger partial charge in [0.1, 0.15) is 0 Å². The van der Waals surface area contributed by atoms with Gasteiger partial charge in [0, 0.05) is 17.5 Å². The third kappa shape index (κ3) is 4.42. The molecule has 0 bridgehead atoms. The Kier molecular flexibility index (Phi) is 4.38. The summed E-state index contributed by atoms with van der Waals surface area (Å²) in [6, 6.07) is 8.69. The minimum atomic E-state index is -1.54. The first-order chi connectivity index (χ1) is 6.49. The van der Waals surface area contributed by atoms with Crippen LogP contribution in [0.25, 0.3) is 0 Å². The van der Waals surface area contributed by atoms with Crippen LogP contribution in [0.1, 0.15) is 10.4 Å². The van der Waals surface area contributed by atoms with Gasteiger partial charge in [-0.2, -0.15) is 0 Å². The number of alkyl halides is 3. The highest BCUT2D eigenvalue weighted by atomic mass is 35.6. The van der Waals surface area contributed by atoms with Crippen molar-refractivity contribution in [1.29, 1.82) is 0 Å². The van der Waals surface area contributed by atoms with Gasteiger partial charge < -0.3 is 0 Å². The predicted octanol–water partition coefficient (Wildman–Crippen LogP) is 3.39. The third-order valence-electron chi connectivity index (χ3n) is 1.30. The Hall–Kier alpha value is -0.0900. The molecule has 0 fully saturated rings. The molecule has 0 heterocycles. The minimum Gasteiger partial charge on any atom is -0.292 e. The van der Waals surface area contributed by atoms with Crippen molar-refractivity contribution in [1.82, 2.24) is 4.72 Å². The molecule has 1 aromatic carbocycles. The van der Waals surface area contributed by atoms with Gasteiger partial charge in [-0.05, 0) is 12.1 Å². The average Bonchev–Trinajstić information content (AvgIpc) is 2.14. The average molecular weight is 271 g/mol. The molecule has 0 atom stereocenters. The Morgan fingerprint density at radius 2 is 1.79 bits per heavy atom. The van der Waals surface area contributed by atoms with Crippen molar-refractivity contribution in [3.63, 3.8) is 0 Å². The molecule has 2 nitrogen and oxygen atoms in total. The molecule has 76 valence electrons. The van der Waals surface area contributed by atoms with Crippen LogP contribution in [0.2, 0.25) is 0 Å². The smallest absolute Gasteiger partial charge is 0.261 e. The molecule has 1 rings (SSSR count). The van der Waals surface area contributed by atoms with Gasteiger partial charge in [0.25, 0.3) is 9.03 Å².